The smallest absolute Gasteiger partial charge is 0.220 e. The van der Waals surface area contributed by atoms with Crippen LogP contribution in [-0.2, 0) is 4.79 Å². The number of nitrogens with one attached hydrogen (secondary N) is 1. The predicted molar refractivity (Wildman–Crippen MR) is 54.0 cm³/mol. The van der Waals surface area contributed by atoms with Gasteiger partial charge in [0.2, 0.25) is 5.91 Å². The average Bonchev–Trinajstić information content (AvgIpc) is 2.12. The molecule has 0 aliphatic carbocycles. The van der Waals surface area contributed by atoms with E-state index in [1.165, 1.54) is 0 Å². The second kappa shape index (κ2) is 7.63. The van der Waals surface area contributed by atoms with Crippen molar-refractivity contribution in [2.24, 2.45) is 5.73 Å². The molecule has 0 spiro atoms. The molecule has 0 saturated heterocycles. The van der Waals surface area contributed by atoms with E-state index in [-0.39, 0.29) is 11.9 Å². The van der Waals surface area contributed by atoms with E-state index >= 15 is 0 Å². The fraction of sp³-hybridized carbons (Fsp3) is 0.700. The first kappa shape index (κ1) is 12.0. The SMILES string of the molecule is C#CC(C)NC(=O)CCCCCN. The van der Waals surface area contributed by atoms with Crippen LogP contribution in [0.25, 0.3) is 0 Å². The Bertz CT molecular complexity index is 184. The van der Waals surface area contributed by atoms with E-state index in [2.05, 4.69) is 11.2 Å². The molecule has 0 bridgehead atoms. The minimum atomic E-state index is -0.165. The first-order chi connectivity index (χ1) is 6.20. The highest BCUT2D eigenvalue weighted by Gasteiger charge is 2.03. The van der Waals surface area contributed by atoms with Crippen molar-refractivity contribution in [3.05, 3.63) is 0 Å². The molecule has 0 aromatic rings. The van der Waals surface area contributed by atoms with E-state index < -0.39 is 0 Å². The maximum absolute atomic E-state index is 11.1. The Morgan fingerprint density at radius 1 is 1.54 bits per heavy atom. The summed E-state index contributed by atoms with van der Waals surface area (Å²) in [4.78, 5) is 11.1. The molecule has 1 atom stereocenters. The van der Waals surface area contributed by atoms with Crippen LogP contribution >= 0.6 is 0 Å². The Labute approximate surface area is 80.1 Å². The van der Waals surface area contributed by atoms with Gasteiger partial charge in [-0.05, 0) is 26.3 Å². The predicted octanol–water partition coefficient (Wildman–Crippen LogP) is 0.643. The number of rotatable bonds is 6. The van der Waals surface area contributed by atoms with Crippen LogP contribution in [0.15, 0.2) is 0 Å². The van der Waals surface area contributed by atoms with Gasteiger partial charge in [-0.1, -0.05) is 12.3 Å². The maximum Gasteiger partial charge on any atom is 0.220 e. The topological polar surface area (TPSA) is 55.1 Å². The molecule has 0 aliphatic heterocycles. The third-order valence-corrected chi connectivity index (χ3v) is 1.74. The summed E-state index contributed by atoms with van der Waals surface area (Å²) in [6.07, 6.45) is 8.54. The number of nitrogens with two attached hydrogens (primary N) is 1. The Hall–Kier alpha value is -1.01. The Morgan fingerprint density at radius 3 is 2.77 bits per heavy atom. The number of hydrogen-bond acceptors (Lipinski definition) is 2. The Balaban J connectivity index is 3.36. The van der Waals surface area contributed by atoms with Gasteiger partial charge in [0.15, 0.2) is 0 Å². The molecule has 3 N–H and O–H groups in total. The molecule has 3 nitrogen and oxygen atoms in total. The largest absolute Gasteiger partial charge is 0.343 e. The molecular weight excluding hydrogens is 164 g/mol. The van der Waals surface area contributed by atoms with Gasteiger partial charge in [0, 0.05) is 6.42 Å². The van der Waals surface area contributed by atoms with Crippen LogP contribution < -0.4 is 11.1 Å². The van der Waals surface area contributed by atoms with E-state index in [0.717, 1.165) is 19.3 Å². The summed E-state index contributed by atoms with van der Waals surface area (Å²) in [5, 5.41) is 2.70. The number of hydrogen-bond donors (Lipinski definition) is 2. The summed E-state index contributed by atoms with van der Waals surface area (Å²) in [5.74, 6) is 2.48. The third kappa shape index (κ3) is 7.35. The Morgan fingerprint density at radius 2 is 2.23 bits per heavy atom. The summed E-state index contributed by atoms with van der Waals surface area (Å²) in [5.41, 5.74) is 5.32. The standard InChI is InChI=1S/C10H18N2O/c1-3-9(2)12-10(13)7-5-4-6-8-11/h1,9H,4-8,11H2,2H3,(H,12,13). The van der Waals surface area contributed by atoms with E-state index in [9.17, 15) is 4.79 Å². The molecule has 0 aromatic carbocycles. The van der Waals surface area contributed by atoms with Gasteiger partial charge in [0.05, 0.1) is 6.04 Å². The van der Waals surface area contributed by atoms with Gasteiger partial charge in [0.1, 0.15) is 0 Å². The molecule has 0 saturated carbocycles. The zero-order valence-electron chi connectivity index (χ0n) is 8.18. The van der Waals surface area contributed by atoms with Crippen molar-refractivity contribution in [2.45, 2.75) is 38.6 Å². The minimum Gasteiger partial charge on any atom is -0.343 e. The second-order valence-corrected chi connectivity index (χ2v) is 3.06. The summed E-state index contributed by atoms with van der Waals surface area (Å²) in [6, 6.07) is -0.165. The first-order valence-electron chi connectivity index (χ1n) is 4.66. The minimum absolute atomic E-state index is 0.0301. The fourth-order valence-corrected chi connectivity index (χ4v) is 0.962. The number of terminal acetylenes is 1. The zero-order valence-corrected chi connectivity index (χ0v) is 8.18. The quantitative estimate of drug-likeness (QED) is 0.468. The van der Waals surface area contributed by atoms with Gasteiger partial charge in [-0.15, -0.1) is 6.42 Å². The molecule has 0 heterocycles. The summed E-state index contributed by atoms with van der Waals surface area (Å²) >= 11 is 0. The van der Waals surface area contributed by atoms with Gasteiger partial charge in [-0.2, -0.15) is 0 Å². The lowest BCUT2D eigenvalue weighted by Crippen LogP contribution is -2.30. The lowest BCUT2D eigenvalue weighted by Gasteiger charge is -2.06. The van der Waals surface area contributed by atoms with Crippen LogP contribution in [0, 0.1) is 12.3 Å². The van der Waals surface area contributed by atoms with Gasteiger partial charge < -0.3 is 11.1 Å². The molecule has 0 rings (SSSR count). The van der Waals surface area contributed by atoms with Crippen LogP contribution in [-0.4, -0.2) is 18.5 Å². The first-order valence-corrected chi connectivity index (χ1v) is 4.66. The summed E-state index contributed by atoms with van der Waals surface area (Å²) in [6.45, 7) is 2.49. The number of unbranched alkanes of at least 4 members (excludes halogenated alkanes) is 2. The van der Waals surface area contributed by atoms with E-state index in [0.29, 0.717) is 13.0 Å². The van der Waals surface area contributed by atoms with Crippen molar-refractivity contribution in [3.8, 4) is 12.3 Å². The molecule has 0 fully saturated rings. The highest BCUT2D eigenvalue weighted by atomic mass is 16.1. The molecule has 13 heavy (non-hydrogen) atoms. The third-order valence-electron chi connectivity index (χ3n) is 1.74. The van der Waals surface area contributed by atoms with Crippen molar-refractivity contribution in [1.29, 1.82) is 0 Å². The molecule has 3 heteroatoms. The molecular formula is C10H18N2O. The van der Waals surface area contributed by atoms with Crippen molar-refractivity contribution >= 4 is 5.91 Å². The van der Waals surface area contributed by atoms with Crippen molar-refractivity contribution in [1.82, 2.24) is 5.32 Å². The monoisotopic (exact) mass is 182 g/mol. The van der Waals surface area contributed by atoms with Crippen molar-refractivity contribution < 1.29 is 4.79 Å². The van der Waals surface area contributed by atoms with E-state index in [1.807, 2.05) is 0 Å². The highest BCUT2D eigenvalue weighted by Crippen LogP contribution is 1.98. The van der Waals surface area contributed by atoms with Crippen LogP contribution in [0.2, 0.25) is 0 Å². The van der Waals surface area contributed by atoms with Crippen LogP contribution in [0.1, 0.15) is 32.6 Å². The van der Waals surface area contributed by atoms with Gasteiger partial charge in [0.25, 0.3) is 0 Å². The number of amides is 1. The molecule has 1 amide bonds. The summed E-state index contributed by atoms with van der Waals surface area (Å²) in [7, 11) is 0. The molecule has 1 unspecified atom stereocenters. The lowest BCUT2D eigenvalue weighted by molar-refractivity contribution is -0.121. The van der Waals surface area contributed by atoms with Crippen LogP contribution in [0.3, 0.4) is 0 Å². The second-order valence-electron chi connectivity index (χ2n) is 3.06. The number of carbonyl (C=O) groups excluding carboxylic acids is 1. The summed E-state index contributed by atoms with van der Waals surface area (Å²) < 4.78 is 0. The molecule has 74 valence electrons. The Kier molecular flexibility index (Phi) is 7.04. The average molecular weight is 182 g/mol. The van der Waals surface area contributed by atoms with E-state index in [1.54, 1.807) is 6.92 Å². The molecule has 0 radical (unpaired) electrons. The van der Waals surface area contributed by atoms with Crippen LogP contribution in [0.4, 0.5) is 0 Å². The van der Waals surface area contributed by atoms with E-state index in [4.69, 9.17) is 12.2 Å². The normalized spacial score (nSPS) is 11.8. The highest BCUT2D eigenvalue weighted by molar-refractivity contribution is 5.76. The maximum atomic E-state index is 11.1. The van der Waals surface area contributed by atoms with Gasteiger partial charge in [-0.3, -0.25) is 4.79 Å². The zero-order chi connectivity index (χ0) is 10.1. The fourth-order valence-electron chi connectivity index (χ4n) is 0.962. The van der Waals surface area contributed by atoms with Gasteiger partial charge in [-0.25, -0.2) is 0 Å². The number of carbonyl (C=O) groups is 1. The van der Waals surface area contributed by atoms with Crippen molar-refractivity contribution in [3.63, 3.8) is 0 Å². The van der Waals surface area contributed by atoms with Crippen LogP contribution in [0.5, 0.6) is 0 Å². The van der Waals surface area contributed by atoms with Gasteiger partial charge >= 0.3 is 0 Å². The molecule has 0 aromatic heterocycles. The van der Waals surface area contributed by atoms with Crippen molar-refractivity contribution in [2.75, 3.05) is 6.54 Å². The lowest BCUT2D eigenvalue weighted by atomic mass is 10.2. The molecule has 0 aliphatic rings.